The smallest absolute Gasteiger partial charge is 0.241 e. The second-order valence-corrected chi connectivity index (χ2v) is 7.56. The Morgan fingerprint density at radius 1 is 0.857 bits per heavy atom. The lowest BCUT2D eigenvalue weighted by atomic mass is 10.1. The third-order valence-corrected chi connectivity index (χ3v) is 4.76. The van der Waals surface area contributed by atoms with Crippen molar-refractivity contribution < 1.29 is 9.59 Å². The predicted octanol–water partition coefficient (Wildman–Crippen LogP) is 3.85. The van der Waals surface area contributed by atoms with Gasteiger partial charge in [-0.3, -0.25) is 9.59 Å². The molecular formula is C24H32N2O2. The van der Waals surface area contributed by atoms with E-state index in [-0.39, 0.29) is 18.4 Å². The molecule has 2 aromatic rings. The number of rotatable bonds is 11. The van der Waals surface area contributed by atoms with Gasteiger partial charge in [-0.05, 0) is 36.3 Å². The summed E-state index contributed by atoms with van der Waals surface area (Å²) in [6.07, 6.45) is 2.93. The number of carbonyl (C=O) groups is 2. The molecule has 0 spiro atoms. The lowest BCUT2D eigenvalue weighted by molar-refractivity contribution is -0.132. The van der Waals surface area contributed by atoms with Gasteiger partial charge in [-0.2, -0.15) is 0 Å². The number of benzene rings is 2. The molecule has 0 bridgehead atoms. The zero-order valence-electron chi connectivity index (χ0n) is 17.1. The maximum atomic E-state index is 12.7. The Bertz CT molecular complexity index is 670. The first-order valence-electron chi connectivity index (χ1n) is 10.2. The van der Waals surface area contributed by atoms with Crippen LogP contribution < -0.4 is 5.32 Å². The van der Waals surface area contributed by atoms with Crippen LogP contribution in [-0.4, -0.2) is 36.3 Å². The first-order valence-corrected chi connectivity index (χ1v) is 10.2. The average Bonchev–Trinajstić information content (AvgIpc) is 2.72. The van der Waals surface area contributed by atoms with Gasteiger partial charge >= 0.3 is 0 Å². The fourth-order valence-corrected chi connectivity index (χ4v) is 2.97. The largest absolute Gasteiger partial charge is 0.347 e. The molecule has 0 aliphatic rings. The molecular weight excluding hydrogens is 348 g/mol. The molecule has 28 heavy (non-hydrogen) atoms. The van der Waals surface area contributed by atoms with E-state index >= 15 is 0 Å². The van der Waals surface area contributed by atoms with Crippen molar-refractivity contribution in [3.63, 3.8) is 0 Å². The average molecular weight is 381 g/mol. The minimum absolute atomic E-state index is 0.0234. The highest BCUT2D eigenvalue weighted by Crippen LogP contribution is 2.06. The summed E-state index contributed by atoms with van der Waals surface area (Å²) in [6.45, 7) is 5.55. The molecule has 0 aliphatic carbocycles. The van der Waals surface area contributed by atoms with E-state index in [0.717, 1.165) is 19.3 Å². The Hall–Kier alpha value is -2.62. The molecule has 2 aromatic carbocycles. The molecule has 0 saturated heterocycles. The van der Waals surface area contributed by atoms with Crippen molar-refractivity contribution >= 4 is 11.8 Å². The summed E-state index contributed by atoms with van der Waals surface area (Å²) in [4.78, 5) is 26.6. The monoisotopic (exact) mass is 380 g/mol. The van der Waals surface area contributed by atoms with Crippen LogP contribution >= 0.6 is 0 Å². The first-order chi connectivity index (χ1) is 13.5. The quantitative estimate of drug-likeness (QED) is 0.644. The van der Waals surface area contributed by atoms with Gasteiger partial charge in [-0.25, -0.2) is 0 Å². The number of amides is 2. The summed E-state index contributed by atoms with van der Waals surface area (Å²) in [6, 6.07) is 20.4. The highest BCUT2D eigenvalue weighted by Gasteiger charge is 2.15. The molecule has 0 unspecified atom stereocenters. The van der Waals surface area contributed by atoms with Gasteiger partial charge in [-0.1, -0.05) is 74.5 Å². The van der Waals surface area contributed by atoms with E-state index in [0.29, 0.717) is 25.4 Å². The highest BCUT2D eigenvalue weighted by atomic mass is 16.2. The Balaban J connectivity index is 1.89. The molecule has 0 saturated carbocycles. The van der Waals surface area contributed by atoms with Crippen molar-refractivity contribution in [1.82, 2.24) is 10.2 Å². The van der Waals surface area contributed by atoms with Gasteiger partial charge in [0.15, 0.2) is 0 Å². The van der Waals surface area contributed by atoms with Gasteiger partial charge < -0.3 is 10.2 Å². The standard InChI is InChI=1S/C24H32N2O2/c1-20(2)13-14-23(27)25-19-24(28)26(17-15-21-9-5-3-6-10-21)18-16-22-11-7-4-8-12-22/h3-12,20H,13-19H2,1-2H3,(H,25,27). The van der Waals surface area contributed by atoms with Crippen molar-refractivity contribution in [2.75, 3.05) is 19.6 Å². The third kappa shape index (κ3) is 8.38. The van der Waals surface area contributed by atoms with Crippen LogP contribution in [0, 0.1) is 5.92 Å². The Labute approximate surface area is 169 Å². The van der Waals surface area contributed by atoms with E-state index in [4.69, 9.17) is 0 Å². The second-order valence-electron chi connectivity index (χ2n) is 7.56. The molecule has 0 heterocycles. The van der Waals surface area contributed by atoms with Crippen molar-refractivity contribution in [3.05, 3.63) is 71.8 Å². The SMILES string of the molecule is CC(C)CCC(=O)NCC(=O)N(CCc1ccccc1)CCc1ccccc1. The molecule has 1 N–H and O–H groups in total. The molecule has 0 atom stereocenters. The molecule has 4 heteroatoms. The summed E-state index contributed by atoms with van der Waals surface area (Å²) < 4.78 is 0. The van der Waals surface area contributed by atoms with Crippen LogP contribution in [0.1, 0.15) is 37.8 Å². The Morgan fingerprint density at radius 3 is 1.82 bits per heavy atom. The van der Waals surface area contributed by atoms with E-state index < -0.39 is 0 Å². The van der Waals surface area contributed by atoms with Crippen LogP contribution in [0.2, 0.25) is 0 Å². The molecule has 150 valence electrons. The molecule has 2 amide bonds. The van der Waals surface area contributed by atoms with Gasteiger partial charge in [0.05, 0.1) is 6.54 Å². The van der Waals surface area contributed by atoms with Crippen molar-refractivity contribution in [2.45, 2.75) is 39.5 Å². The number of hydrogen-bond donors (Lipinski definition) is 1. The molecule has 2 rings (SSSR count). The number of nitrogens with one attached hydrogen (secondary N) is 1. The van der Waals surface area contributed by atoms with Crippen LogP contribution in [0.5, 0.6) is 0 Å². The van der Waals surface area contributed by atoms with Gasteiger partial charge in [-0.15, -0.1) is 0 Å². The molecule has 4 nitrogen and oxygen atoms in total. The number of carbonyl (C=O) groups excluding carboxylic acids is 2. The van der Waals surface area contributed by atoms with E-state index in [9.17, 15) is 9.59 Å². The molecule has 0 radical (unpaired) electrons. The zero-order chi connectivity index (χ0) is 20.2. The van der Waals surface area contributed by atoms with Gasteiger partial charge in [0.25, 0.3) is 0 Å². The molecule has 0 aromatic heterocycles. The maximum absolute atomic E-state index is 12.7. The van der Waals surface area contributed by atoms with Gasteiger partial charge in [0, 0.05) is 19.5 Å². The summed E-state index contributed by atoms with van der Waals surface area (Å²) >= 11 is 0. The number of hydrogen-bond acceptors (Lipinski definition) is 2. The van der Waals surface area contributed by atoms with Crippen LogP contribution in [0.4, 0.5) is 0 Å². The molecule has 0 aliphatic heterocycles. The Kier molecular flexibility index (Phi) is 9.26. The van der Waals surface area contributed by atoms with Crippen LogP contribution in [0.15, 0.2) is 60.7 Å². The normalized spacial score (nSPS) is 10.7. The number of nitrogens with zero attached hydrogens (tertiary/aromatic N) is 1. The second kappa shape index (κ2) is 12.0. The maximum Gasteiger partial charge on any atom is 0.241 e. The van der Waals surface area contributed by atoms with E-state index in [1.807, 2.05) is 41.3 Å². The highest BCUT2D eigenvalue weighted by molar-refractivity contribution is 5.84. The summed E-state index contributed by atoms with van der Waals surface area (Å²) in [5.41, 5.74) is 2.42. The fraction of sp³-hybridized carbons (Fsp3) is 0.417. The van der Waals surface area contributed by atoms with E-state index in [1.165, 1.54) is 11.1 Å². The third-order valence-electron chi connectivity index (χ3n) is 4.76. The topological polar surface area (TPSA) is 49.4 Å². The lowest BCUT2D eigenvalue weighted by Crippen LogP contribution is -2.42. The van der Waals surface area contributed by atoms with Crippen LogP contribution in [0.25, 0.3) is 0 Å². The minimum Gasteiger partial charge on any atom is -0.347 e. The van der Waals surface area contributed by atoms with Gasteiger partial charge in [0.1, 0.15) is 0 Å². The summed E-state index contributed by atoms with van der Waals surface area (Å²) in [5.74, 6) is 0.410. The van der Waals surface area contributed by atoms with Crippen LogP contribution in [-0.2, 0) is 22.4 Å². The van der Waals surface area contributed by atoms with Crippen molar-refractivity contribution in [2.24, 2.45) is 5.92 Å². The van der Waals surface area contributed by atoms with Crippen molar-refractivity contribution in [1.29, 1.82) is 0 Å². The zero-order valence-corrected chi connectivity index (χ0v) is 17.1. The van der Waals surface area contributed by atoms with Crippen LogP contribution in [0.3, 0.4) is 0 Å². The predicted molar refractivity (Wildman–Crippen MR) is 114 cm³/mol. The van der Waals surface area contributed by atoms with Gasteiger partial charge in [0.2, 0.25) is 11.8 Å². The van der Waals surface area contributed by atoms with Crippen molar-refractivity contribution in [3.8, 4) is 0 Å². The van der Waals surface area contributed by atoms with E-state index in [1.54, 1.807) is 0 Å². The summed E-state index contributed by atoms with van der Waals surface area (Å²) in [7, 11) is 0. The minimum atomic E-state index is -0.0480. The first kappa shape index (κ1) is 21.7. The fourth-order valence-electron chi connectivity index (χ4n) is 2.97. The lowest BCUT2D eigenvalue weighted by Gasteiger charge is -2.23. The molecule has 0 fully saturated rings. The Morgan fingerprint density at radius 2 is 1.36 bits per heavy atom. The summed E-state index contributed by atoms with van der Waals surface area (Å²) in [5, 5.41) is 2.78. The van der Waals surface area contributed by atoms with E-state index in [2.05, 4.69) is 43.4 Å².